The van der Waals surface area contributed by atoms with Gasteiger partial charge in [-0.1, -0.05) is 6.04 Å². The summed E-state index contributed by atoms with van der Waals surface area (Å²) in [5.74, 6) is -1.06. The zero-order valence-corrected chi connectivity index (χ0v) is 24.4. The van der Waals surface area contributed by atoms with E-state index in [0.29, 0.717) is 12.2 Å². The van der Waals surface area contributed by atoms with Crippen molar-refractivity contribution in [2.45, 2.75) is 37.0 Å². The number of ether oxygens (including phenoxy) is 1. The Balaban J connectivity index is 0.0000116. The van der Waals surface area contributed by atoms with E-state index >= 15 is 0 Å². The van der Waals surface area contributed by atoms with E-state index in [1.165, 1.54) is 11.8 Å². The quantitative estimate of drug-likeness (QED) is 0.0478. The normalized spacial score (nSPS) is 17.9. The second kappa shape index (κ2) is 18.5. The fourth-order valence-electron chi connectivity index (χ4n) is 2.73. The first-order valence-electron chi connectivity index (χ1n) is 10.6. The Morgan fingerprint density at radius 2 is 1.94 bits per heavy atom. The van der Waals surface area contributed by atoms with Crippen LogP contribution < -0.4 is 16.0 Å². The third-order valence-corrected chi connectivity index (χ3v) is 6.46. The Morgan fingerprint density at radius 3 is 2.57 bits per heavy atom. The molecule has 0 aromatic rings. The van der Waals surface area contributed by atoms with Crippen LogP contribution in [0.1, 0.15) is 25.7 Å². The molecule has 1 aliphatic rings. The van der Waals surface area contributed by atoms with Gasteiger partial charge in [0.15, 0.2) is 0 Å². The fourth-order valence-corrected chi connectivity index (χ4v) is 4.22. The number of imide groups is 1. The summed E-state index contributed by atoms with van der Waals surface area (Å²) in [7, 11) is -2.02. The molecule has 4 N–H and O–H groups in total. The molecule has 1 aliphatic heterocycles. The first kappa shape index (κ1) is 34.3. The zero-order valence-electron chi connectivity index (χ0n) is 19.8. The number of likely N-dealkylation sites (tertiary alicyclic amines) is 1. The number of thioether (sulfide) groups is 1. The molecule has 13 nitrogen and oxygen atoms in total. The predicted molar refractivity (Wildman–Crippen MR) is 124 cm³/mol. The first-order valence-corrected chi connectivity index (χ1v) is 13.7. The summed E-state index contributed by atoms with van der Waals surface area (Å²) in [4.78, 5) is 68.7. The van der Waals surface area contributed by atoms with Gasteiger partial charge in [-0.2, -0.15) is 0 Å². The summed E-state index contributed by atoms with van der Waals surface area (Å²) in [5.41, 5.74) is 0. The minimum atomic E-state index is -3.63. The van der Waals surface area contributed by atoms with Gasteiger partial charge in [-0.15, -0.1) is 11.8 Å². The van der Waals surface area contributed by atoms with E-state index in [0.717, 1.165) is 11.6 Å². The predicted octanol–water partition coefficient (Wildman–Crippen LogP) is -1.25. The van der Waals surface area contributed by atoms with Crippen molar-refractivity contribution < 1.29 is 75.4 Å². The number of likely N-dealkylation sites (N-methyl/N-ethyl adjacent to an activating group) is 1. The smallest absolute Gasteiger partial charge is 0.326 e. The molecule has 16 heteroatoms. The van der Waals surface area contributed by atoms with Crippen molar-refractivity contribution in [3.63, 3.8) is 0 Å². The molecule has 35 heavy (non-hydrogen) atoms. The summed E-state index contributed by atoms with van der Waals surface area (Å²) >= 11 is 1.21. The van der Waals surface area contributed by atoms with Crippen LogP contribution >= 0.6 is 19.4 Å². The topological polar surface area (TPSA) is 180 Å². The number of carbonyl (C=O) groups is 4. The van der Waals surface area contributed by atoms with E-state index in [2.05, 4.69) is 20.5 Å². The molecular formula is C19H32N4O9PSY-. The molecule has 197 valence electrons. The number of hydrogen-bond donors (Lipinski definition) is 4. The van der Waals surface area contributed by atoms with Crippen LogP contribution in [-0.4, -0.2) is 103 Å². The van der Waals surface area contributed by atoms with Crippen LogP contribution in [0, 0.1) is 0 Å². The Morgan fingerprint density at radius 1 is 1.26 bits per heavy atom. The Bertz CT molecular complexity index is 771. The van der Waals surface area contributed by atoms with Crippen molar-refractivity contribution in [3.8, 4) is 0 Å². The Kier molecular flexibility index (Phi) is 18.1. The van der Waals surface area contributed by atoms with Crippen LogP contribution in [0.2, 0.25) is 0 Å². The van der Waals surface area contributed by atoms with Gasteiger partial charge in [0.05, 0.1) is 11.9 Å². The van der Waals surface area contributed by atoms with E-state index in [1.807, 2.05) is 6.29 Å². The van der Waals surface area contributed by atoms with Crippen LogP contribution in [0.5, 0.6) is 0 Å². The molecule has 0 saturated carbocycles. The minimum absolute atomic E-state index is 0. The number of carbonyl (C=O) groups excluding carboxylic acids is 5. The average Bonchev–Trinajstić information content (AvgIpc) is 3.04. The van der Waals surface area contributed by atoms with Crippen molar-refractivity contribution in [2.24, 2.45) is 0 Å². The van der Waals surface area contributed by atoms with Gasteiger partial charge < -0.3 is 30.4 Å². The first-order chi connectivity index (χ1) is 16.1. The van der Waals surface area contributed by atoms with Gasteiger partial charge in [0.1, 0.15) is 6.73 Å². The van der Waals surface area contributed by atoms with Crippen LogP contribution in [-0.2, 0) is 70.5 Å². The molecule has 1 rings (SSSR count). The Hall–Kier alpha value is -0.726. The van der Waals surface area contributed by atoms with E-state index in [-0.39, 0.29) is 109 Å². The molecule has 1 heterocycles. The molecule has 3 unspecified atom stereocenters. The maximum absolute atomic E-state index is 12.4. The van der Waals surface area contributed by atoms with Gasteiger partial charge in [0, 0.05) is 78.3 Å². The summed E-state index contributed by atoms with van der Waals surface area (Å²) in [5, 5.41) is 7.16. The van der Waals surface area contributed by atoms with Crippen LogP contribution in [0.15, 0.2) is 0 Å². The van der Waals surface area contributed by atoms with Crippen molar-refractivity contribution >= 4 is 49.3 Å². The van der Waals surface area contributed by atoms with Crippen molar-refractivity contribution in [2.75, 3.05) is 52.5 Å². The summed E-state index contributed by atoms with van der Waals surface area (Å²) in [6, 6.07) is -0.517. The number of hydrogen-bond acceptors (Lipinski definition) is 10. The number of amides is 4. The molecule has 1 fully saturated rings. The molecule has 0 aromatic heterocycles. The Labute approximate surface area is 234 Å². The number of rotatable bonds is 18. The fraction of sp³-hybridized carbons (Fsp3) is 0.737. The second-order valence-electron chi connectivity index (χ2n) is 7.36. The van der Waals surface area contributed by atoms with Crippen LogP contribution in [0.25, 0.3) is 0 Å². The van der Waals surface area contributed by atoms with Gasteiger partial charge in [-0.25, -0.2) is 6.29 Å². The molecule has 1 saturated heterocycles. The zero-order chi connectivity index (χ0) is 25.6. The average molecular weight is 612 g/mol. The van der Waals surface area contributed by atoms with Gasteiger partial charge in [-0.3, -0.25) is 33.2 Å². The number of nitrogens with one attached hydrogen (secondary N) is 3. The molecule has 4 amide bonds. The van der Waals surface area contributed by atoms with E-state index in [1.54, 1.807) is 7.05 Å². The monoisotopic (exact) mass is 612 g/mol. The molecule has 1 radical (unpaired) electrons. The molecule has 0 aliphatic carbocycles. The van der Waals surface area contributed by atoms with Gasteiger partial charge in [0.2, 0.25) is 23.6 Å². The SMILES string of the molecule is CNC([C-]=O)CSC1CC(=O)N(CCC(=O)NCCOCCCC(=O)NCOP(C)(=O)O)C1=O.[Y]. The van der Waals surface area contributed by atoms with Gasteiger partial charge in [-0.05, 0) is 19.2 Å². The second-order valence-corrected chi connectivity index (χ2v) is 10.5. The standard InChI is InChI=1S/C19H32N4O9PS.Y/c1-20-14(11-24)12-34-15-10-18(27)23(19(15)28)7-5-17(26)21-6-9-31-8-3-4-16(25)22-13-32-33(2,29)30;/h14-15,20H,3-10,12-13H2,1-2H3,(H,21,26)(H,22,25)(H,29,30);/q-1;. The molecule has 0 aromatic carbocycles. The molecular weight excluding hydrogens is 580 g/mol. The summed E-state index contributed by atoms with van der Waals surface area (Å²) < 4.78 is 20.8. The molecule has 0 spiro atoms. The summed E-state index contributed by atoms with van der Waals surface area (Å²) in [6.07, 6.45) is 2.39. The third kappa shape index (κ3) is 15.2. The van der Waals surface area contributed by atoms with Crippen LogP contribution in [0.4, 0.5) is 0 Å². The maximum Gasteiger partial charge on any atom is 0.326 e. The third-order valence-electron chi connectivity index (χ3n) is 4.55. The largest absolute Gasteiger partial charge is 0.540 e. The van der Waals surface area contributed by atoms with Gasteiger partial charge >= 0.3 is 7.60 Å². The van der Waals surface area contributed by atoms with Gasteiger partial charge in [0.25, 0.3) is 0 Å². The van der Waals surface area contributed by atoms with Crippen molar-refractivity contribution in [1.82, 2.24) is 20.9 Å². The maximum atomic E-state index is 12.4. The van der Waals surface area contributed by atoms with E-state index in [9.17, 15) is 28.5 Å². The van der Waals surface area contributed by atoms with Crippen molar-refractivity contribution in [1.29, 1.82) is 0 Å². The van der Waals surface area contributed by atoms with Crippen molar-refractivity contribution in [3.05, 3.63) is 0 Å². The minimum Gasteiger partial charge on any atom is -0.540 e. The summed E-state index contributed by atoms with van der Waals surface area (Å²) in [6.45, 7) is 1.39. The molecule has 3 atom stereocenters. The molecule has 0 bridgehead atoms. The van der Waals surface area contributed by atoms with Crippen LogP contribution in [0.3, 0.4) is 0 Å². The van der Waals surface area contributed by atoms with E-state index in [4.69, 9.17) is 9.63 Å². The van der Waals surface area contributed by atoms with E-state index < -0.39 is 18.9 Å². The number of nitrogens with zero attached hydrogens (tertiary/aromatic N) is 1.